The first-order valence-electron chi connectivity index (χ1n) is 7.34. The monoisotopic (exact) mass is 380 g/mol. The third kappa shape index (κ3) is 3.25. The van der Waals surface area contributed by atoms with Crippen LogP contribution in [0.25, 0.3) is 10.9 Å². The number of hydrogen-bond donors (Lipinski definition) is 2. The molecular weight excluding hydrogens is 369 g/mol. The Morgan fingerprint density at radius 2 is 1.88 bits per heavy atom. The van der Waals surface area contributed by atoms with Crippen molar-refractivity contribution >= 4 is 29.1 Å². The van der Waals surface area contributed by atoms with Gasteiger partial charge in [-0.15, -0.1) is 0 Å². The second kappa shape index (κ2) is 6.41. The van der Waals surface area contributed by atoms with E-state index in [1.165, 1.54) is 36.4 Å². The zero-order chi connectivity index (χ0) is 19.1. The van der Waals surface area contributed by atoms with Gasteiger partial charge in [-0.05, 0) is 42.0 Å². The number of nitrogens with one attached hydrogen (secondary N) is 1. The molecule has 1 aromatic heterocycles. The summed E-state index contributed by atoms with van der Waals surface area (Å²) in [5.74, 6) is -1.17. The van der Waals surface area contributed by atoms with E-state index in [9.17, 15) is 22.8 Å². The van der Waals surface area contributed by atoms with E-state index >= 15 is 0 Å². The van der Waals surface area contributed by atoms with Crippen LogP contribution >= 0.6 is 12.2 Å². The van der Waals surface area contributed by atoms with E-state index in [-0.39, 0.29) is 33.3 Å². The summed E-state index contributed by atoms with van der Waals surface area (Å²) in [5.41, 5.74) is -1.37. The lowest BCUT2D eigenvalue weighted by Crippen LogP contribution is -2.24. The van der Waals surface area contributed by atoms with Crippen molar-refractivity contribution in [3.63, 3.8) is 0 Å². The van der Waals surface area contributed by atoms with E-state index in [1.54, 1.807) is 0 Å². The largest absolute Gasteiger partial charge is 0.478 e. The van der Waals surface area contributed by atoms with Crippen LogP contribution in [-0.4, -0.2) is 20.6 Å². The number of hydrogen-bond acceptors (Lipinski definition) is 3. The third-order valence-corrected chi connectivity index (χ3v) is 4.20. The quantitative estimate of drug-likeness (QED) is 0.678. The Morgan fingerprint density at radius 3 is 2.54 bits per heavy atom. The molecule has 9 heteroatoms. The fourth-order valence-electron chi connectivity index (χ4n) is 2.64. The second-order valence-electron chi connectivity index (χ2n) is 5.54. The van der Waals surface area contributed by atoms with Crippen molar-refractivity contribution in [2.24, 2.45) is 0 Å². The molecule has 1 heterocycles. The second-order valence-corrected chi connectivity index (χ2v) is 5.93. The summed E-state index contributed by atoms with van der Waals surface area (Å²) < 4.78 is 40.4. The molecule has 0 radical (unpaired) electrons. The first kappa shape index (κ1) is 17.9. The zero-order valence-electron chi connectivity index (χ0n) is 13.0. The van der Waals surface area contributed by atoms with Gasteiger partial charge in [0.25, 0.3) is 5.56 Å². The summed E-state index contributed by atoms with van der Waals surface area (Å²) in [7, 11) is 0. The van der Waals surface area contributed by atoms with Gasteiger partial charge >= 0.3 is 12.1 Å². The lowest BCUT2D eigenvalue weighted by Gasteiger charge is -2.14. The summed E-state index contributed by atoms with van der Waals surface area (Å²) in [6.07, 6.45) is -4.56. The maximum atomic E-state index is 13.1. The van der Waals surface area contributed by atoms with Crippen LogP contribution in [0.5, 0.6) is 0 Å². The molecule has 0 fully saturated rings. The smallest absolute Gasteiger partial charge is 0.416 e. The Morgan fingerprint density at radius 1 is 1.19 bits per heavy atom. The topological polar surface area (TPSA) is 75.1 Å². The molecule has 3 aromatic rings. The number of aromatic amines is 1. The van der Waals surface area contributed by atoms with Crippen molar-refractivity contribution in [1.82, 2.24) is 9.55 Å². The van der Waals surface area contributed by atoms with Crippen molar-refractivity contribution in [3.05, 3.63) is 74.3 Å². The Labute approximate surface area is 149 Å². The Balaban J connectivity index is 2.16. The molecule has 0 bridgehead atoms. The van der Waals surface area contributed by atoms with Crippen LogP contribution in [0.4, 0.5) is 13.2 Å². The number of benzene rings is 2. The van der Waals surface area contributed by atoms with E-state index in [1.807, 2.05) is 0 Å². The van der Waals surface area contributed by atoms with Crippen LogP contribution in [0, 0.1) is 4.77 Å². The standard InChI is InChI=1S/C17H11F3N2O3S/c18-17(19,20)12-4-2-1-3-10(12)8-22-14(23)11-6-5-9(15(24)25)7-13(11)21-16(22)26/h1-7H,8H2,(H,21,26)(H,24,25). The predicted molar refractivity (Wildman–Crippen MR) is 90.9 cm³/mol. The number of fused-ring (bicyclic) bond motifs is 1. The molecule has 0 unspecified atom stereocenters. The van der Waals surface area contributed by atoms with Gasteiger partial charge < -0.3 is 10.1 Å². The van der Waals surface area contributed by atoms with Gasteiger partial charge in [0, 0.05) is 0 Å². The minimum absolute atomic E-state index is 0.0392. The van der Waals surface area contributed by atoms with E-state index in [2.05, 4.69) is 4.98 Å². The fourth-order valence-corrected chi connectivity index (χ4v) is 2.89. The van der Waals surface area contributed by atoms with Gasteiger partial charge in [0.2, 0.25) is 0 Å². The number of nitrogens with zero attached hydrogens (tertiary/aromatic N) is 1. The van der Waals surface area contributed by atoms with Crippen molar-refractivity contribution in [2.75, 3.05) is 0 Å². The average molecular weight is 380 g/mol. The van der Waals surface area contributed by atoms with Gasteiger partial charge in [0.15, 0.2) is 4.77 Å². The summed E-state index contributed by atoms with van der Waals surface area (Å²) >= 11 is 5.09. The van der Waals surface area contributed by atoms with Crippen LogP contribution in [0.2, 0.25) is 0 Å². The molecule has 0 saturated carbocycles. The lowest BCUT2D eigenvalue weighted by molar-refractivity contribution is -0.138. The summed E-state index contributed by atoms with van der Waals surface area (Å²) in [5, 5.41) is 9.14. The van der Waals surface area contributed by atoms with Crippen molar-refractivity contribution in [1.29, 1.82) is 0 Å². The highest BCUT2D eigenvalue weighted by Crippen LogP contribution is 2.32. The number of aromatic nitrogens is 2. The molecule has 2 aromatic carbocycles. The Hall–Kier alpha value is -2.94. The highest BCUT2D eigenvalue weighted by molar-refractivity contribution is 7.71. The van der Waals surface area contributed by atoms with Crippen molar-refractivity contribution in [2.45, 2.75) is 12.7 Å². The number of aromatic carboxylic acids is 1. The first-order valence-corrected chi connectivity index (χ1v) is 7.74. The highest BCUT2D eigenvalue weighted by Gasteiger charge is 2.33. The van der Waals surface area contributed by atoms with E-state index < -0.39 is 23.3 Å². The van der Waals surface area contributed by atoms with E-state index in [0.717, 1.165) is 10.6 Å². The Bertz CT molecular complexity index is 1130. The lowest BCUT2D eigenvalue weighted by atomic mass is 10.1. The number of H-pyrrole nitrogens is 1. The summed E-state index contributed by atoms with van der Waals surface area (Å²) in [6, 6.07) is 8.74. The number of halogens is 3. The number of alkyl halides is 3. The number of rotatable bonds is 3. The zero-order valence-corrected chi connectivity index (χ0v) is 13.8. The summed E-state index contributed by atoms with van der Waals surface area (Å²) in [4.78, 5) is 26.4. The molecule has 2 N–H and O–H groups in total. The molecule has 0 amide bonds. The molecular formula is C17H11F3N2O3S. The van der Waals surface area contributed by atoms with Gasteiger partial charge in [-0.2, -0.15) is 13.2 Å². The van der Waals surface area contributed by atoms with Crippen LogP contribution in [0.1, 0.15) is 21.5 Å². The molecule has 0 spiro atoms. The molecule has 0 atom stereocenters. The maximum Gasteiger partial charge on any atom is 0.416 e. The van der Waals surface area contributed by atoms with Gasteiger partial charge in [0.05, 0.1) is 28.6 Å². The van der Waals surface area contributed by atoms with E-state index in [0.29, 0.717) is 0 Å². The minimum atomic E-state index is -4.56. The van der Waals surface area contributed by atoms with Crippen molar-refractivity contribution < 1.29 is 23.1 Å². The molecule has 134 valence electrons. The molecule has 0 aliphatic heterocycles. The maximum absolute atomic E-state index is 13.1. The minimum Gasteiger partial charge on any atom is -0.478 e. The molecule has 5 nitrogen and oxygen atoms in total. The van der Waals surface area contributed by atoms with Crippen LogP contribution in [0.3, 0.4) is 0 Å². The predicted octanol–water partition coefficient (Wildman–Crippen LogP) is 3.82. The molecule has 0 aliphatic rings. The normalized spacial score (nSPS) is 11.7. The van der Waals surface area contributed by atoms with Crippen molar-refractivity contribution in [3.8, 4) is 0 Å². The molecule has 0 aliphatic carbocycles. The average Bonchev–Trinajstić information content (AvgIpc) is 2.57. The number of carboxylic acid groups (broad SMARTS) is 1. The molecule has 26 heavy (non-hydrogen) atoms. The SMILES string of the molecule is O=C(O)c1ccc2c(=O)n(Cc3ccccc3C(F)(F)F)c(=S)[nH]c2c1. The van der Waals surface area contributed by atoms with Crippen LogP contribution in [0.15, 0.2) is 47.3 Å². The Kier molecular flexibility index (Phi) is 4.41. The number of carbonyl (C=O) groups is 1. The third-order valence-electron chi connectivity index (χ3n) is 3.88. The number of carboxylic acids is 1. The van der Waals surface area contributed by atoms with Gasteiger partial charge in [0.1, 0.15) is 0 Å². The highest BCUT2D eigenvalue weighted by atomic mass is 32.1. The molecule has 3 rings (SSSR count). The first-order chi connectivity index (χ1) is 12.2. The van der Waals surface area contributed by atoms with Crippen LogP contribution in [-0.2, 0) is 12.7 Å². The summed E-state index contributed by atoms with van der Waals surface area (Å²) in [6.45, 7) is -0.361. The van der Waals surface area contributed by atoms with Crippen LogP contribution < -0.4 is 5.56 Å². The van der Waals surface area contributed by atoms with E-state index in [4.69, 9.17) is 17.3 Å². The molecule has 0 saturated heterocycles. The fraction of sp³-hybridized carbons (Fsp3) is 0.118. The van der Waals surface area contributed by atoms with Gasteiger partial charge in [-0.25, -0.2) is 4.79 Å². The van der Waals surface area contributed by atoms with Gasteiger partial charge in [-0.3, -0.25) is 9.36 Å². The van der Waals surface area contributed by atoms with Gasteiger partial charge in [-0.1, -0.05) is 18.2 Å².